The van der Waals surface area contributed by atoms with E-state index in [0.717, 1.165) is 13.0 Å². The van der Waals surface area contributed by atoms with Gasteiger partial charge >= 0.3 is 0 Å². The number of thiocarbonyl (C=S) groups is 2. The second-order valence-corrected chi connectivity index (χ2v) is 6.85. The summed E-state index contributed by atoms with van der Waals surface area (Å²) >= 11 is 10.5. The van der Waals surface area contributed by atoms with Crippen molar-refractivity contribution in [1.29, 1.82) is 0 Å². The molecule has 1 rings (SSSR count). The molecule has 0 saturated heterocycles. The van der Waals surface area contributed by atoms with Crippen molar-refractivity contribution in [2.24, 2.45) is 11.8 Å². The van der Waals surface area contributed by atoms with Crippen molar-refractivity contribution < 1.29 is 0 Å². The summed E-state index contributed by atoms with van der Waals surface area (Å²) < 4.78 is 0. The molecule has 6 heteroatoms. The summed E-state index contributed by atoms with van der Waals surface area (Å²) in [5.41, 5.74) is 5.88. The van der Waals surface area contributed by atoms with Crippen molar-refractivity contribution in [3.05, 3.63) is 0 Å². The van der Waals surface area contributed by atoms with Crippen LogP contribution in [0.4, 0.5) is 0 Å². The Kier molecular flexibility index (Phi) is 8.14. The van der Waals surface area contributed by atoms with Gasteiger partial charge in [-0.15, -0.1) is 0 Å². The quantitative estimate of drug-likeness (QED) is 0.472. The fourth-order valence-electron chi connectivity index (χ4n) is 2.37. The van der Waals surface area contributed by atoms with Crippen LogP contribution >= 0.6 is 24.4 Å². The first kappa shape index (κ1) is 17.4. The maximum absolute atomic E-state index is 5.29. The second-order valence-electron chi connectivity index (χ2n) is 6.03. The highest BCUT2D eigenvalue weighted by Crippen LogP contribution is 2.23. The molecular weight excluding hydrogens is 288 g/mol. The Morgan fingerprint density at radius 2 is 1.75 bits per heavy atom. The van der Waals surface area contributed by atoms with Crippen LogP contribution in [0.3, 0.4) is 0 Å². The summed E-state index contributed by atoms with van der Waals surface area (Å²) in [4.78, 5) is 0. The molecular formula is C14H28N4S2. The van der Waals surface area contributed by atoms with E-state index in [1.807, 2.05) is 0 Å². The number of hydrazine groups is 1. The van der Waals surface area contributed by atoms with E-state index < -0.39 is 0 Å². The van der Waals surface area contributed by atoms with Crippen LogP contribution in [0.1, 0.15) is 52.9 Å². The molecule has 2 atom stereocenters. The van der Waals surface area contributed by atoms with Crippen LogP contribution in [0.25, 0.3) is 0 Å². The molecule has 0 aromatic rings. The van der Waals surface area contributed by atoms with Crippen molar-refractivity contribution >= 4 is 34.7 Å². The zero-order valence-electron chi connectivity index (χ0n) is 12.8. The minimum Gasteiger partial charge on any atom is -0.361 e. The van der Waals surface area contributed by atoms with Crippen LogP contribution in [0.5, 0.6) is 0 Å². The topological polar surface area (TPSA) is 48.1 Å². The maximum atomic E-state index is 5.29. The molecule has 0 heterocycles. The van der Waals surface area contributed by atoms with Crippen LogP contribution in [0.15, 0.2) is 0 Å². The molecule has 0 radical (unpaired) electrons. The fourth-order valence-corrected chi connectivity index (χ4v) is 2.72. The van der Waals surface area contributed by atoms with Gasteiger partial charge in [-0.2, -0.15) is 0 Å². The van der Waals surface area contributed by atoms with Gasteiger partial charge in [-0.1, -0.05) is 33.6 Å². The summed E-state index contributed by atoms with van der Waals surface area (Å²) in [6.07, 6.45) is 6.20. The molecule has 0 aromatic carbocycles. The zero-order valence-corrected chi connectivity index (χ0v) is 14.4. The largest absolute Gasteiger partial charge is 0.361 e. The fraction of sp³-hybridized carbons (Fsp3) is 0.857. The van der Waals surface area contributed by atoms with Gasteiger partial charge in [0.15, 0.2) is 10.2 Å². The lowest BCUT2D eigenvalue weighted by Gasteiger charge is -2.30. The Hall–Kier alpha value is -0.620. The van der Waals surface area contributed by atoms with E-state index in [4.69, 9.17) is 24.4 Å². The van der Waals surface area contributed by atoms with E-state index in [2.05, 4.69) is 42.3 Å². The van der Waals surface area contributed by atoms with Gasteiger partial charge in [0, 0.05) is 12.6 Å². The molecule has 0 aromatic heterocycles. The number of hydrogen-bond donors (Lipinski definition) is 4. The zero-order chi connectivity index (χ0) is 15.0. The first-order valence-corrected chi connectivity index (χ1v) is 8.41. The molecule has 20 heavy (non-hydrogen) atoms. The first-order valence-electron chi connectivity index (χ1n) is 7.59. The lowest BCUT2D eigenvalue weighted by molar-refractivity contribution is 0.308. The highest BCUT2D eigenvalue weighted by atomic mass is 32.1. The molecule has 0 bridgehead atoms. The van der Waals surface area contributed by atoms with Crippen molar-refractivity contribution in [2.75, 3.05) is 6.54 Å². The third kappa shape index (κ3) is 7.24. The number of rotatable bonds is 4. The van der Waals surface area contributed by atoms with Gasteiger partial charge in [-0.25, -0.2) is 0 Å². The third-order valence-electron chi connectivity index (χ3n) is 3.72. The molecule has 1 fully saturated rings. The monoisotopic (exact) mass is 316 g/mol. The van der Waals surface area contributed by atoms with Gasteiger partial charge < -0.3 is 10.6 Å². The van der Waals surface area contributed by atoms with E-state index in [9.17, 15) is 0 Å². The van der Waals surface area contributed by atoms with E-state index in [1.54, 1.807) is 0 Å². The summed E-state index contributed by atoms with van der Waals surface area (Å²) in [5, 5.41) is 7.73. The SMILES string of the molecule is CC(C)CCNC(=S)NNC(=S)N[C@@H]1CCCC[C@@H]1C. The second kappa shape index (κ2) is 9.34. The lowest BCUT2D eigenvalue weighted by atomic mass is 9.86. The Bertz CT molecular complexity index is 320. The molecule has 0 aliphatic heterocycles. The van der Waals surface area contributed by atoms with Gasteiger partial charge in [0.25, 0.3) is 0 Å². The minimum atomic E-state index is 0.480. The highest BCUT2D eigenvalue weighted by molar-refractivity contribution is 7.80. The molecule has 4 N–H and O–H groups in total. The first-order chi connectivity index (χ1) is 9.49. The van der Waals surface area contributed by atoms with Crippen LogP contribution < -0.4 is 21.5 Å². The summed E-state index contributed by atoms with van der Waals surface area (Å²) in [6.45, 7) is 7.55. The van der Waals surface area contributed by atoms with E-state index in [1.165, 1.54) is 25.7 Å². The average Bonchev–Trinajstić information content (AvgIpc) is 2.39. The standard InChI is InChI=1S/C14H28N4S2/c1-10(2)8-9-15-13(19)17-18-14(20)16-12-7-5-4-6-11(12)3/h10-12H,4-9H2,1-3H3,(H2,15,17,19)(H2,16,18,20)/t11-,12+/m0/s1. The Balaban J connectivity index is 2.14. The van der Waals surface area contributed by atoms with E-state index in [-0.39, 0.29) is 0 Å². The van der Waals surface area contributed by atoms with Crippen LogP contribution in [0, 0.1) is 11.8 Å². The highest BCUT2D eigenvalue weighted by Gasteiger charge is 2.21. The van der Waals surface area contributed by atoms with Gasteiger partial charge in [-0.05, 0) is 55.5 Å². The summed E-state index contributed by atoms with van der Waals surface area (Å²) in [5.74, 6) is 1.36. The molecule has 1 aliphatic rings. The molecule has 0 amide bonds. The summed E-state index contributed by atoms with van der Waals surface area (Å²) in [7, 11) is 0. The Labute approximate surface area is 133 Å². The van der Waals surface area contributed by atoms with Crippen LogP contribution in [0.2, 0.25) is 0 Å². The van der Waals surface area contributed by atoms with Crippen LogP contribution in [-0.2, 0) is 0 Å². The van der Waals surface area contributed by atoms with Crippen molar-refractivity contribution in [3.8, 4) is 0 Å². The molecule has 1 aliphatic carbocycles. The predicted molar refractivity (Wildman–Crippen MR) is 93.5 cm³/mol. The minimum absolute atomic E-state index is 0.480. The Morgan fingerprint density at radius 1 is 1.10 bits per heavy atom. The van der Waals surface area contributed by atoms with E-state index >= 15 is 0 Å². The van der Waals surface area contributed by atoms with Gasteiger partial charge in [0.05, 0.1) is 0 Å². The van der Waals surface area contributed by atoms with Crippen LogP contribution in [-0.4, -0.2) is 22.8 Å². The number of nitrogens with one attached hydrogen (secondary N) is 4. The van der Waals surface area contributed by atoms with Crippen molar-refractivity contribution in [2.45, 2.75) is 58.9 Å². The lowest BCUT2D eigenvalue weighted by Crippen LogP contribution is -2.53. The molecule has 0 unspecified atom stereocenters. The smallest absolute Gasteiger partial charge is 0.185 e. The molecule has 4 nitrogen and oxygen atoms in total. The van der Waals surface area contributed by atoms with Gasteiger partial charge in [-0.3, -0.25) is 10.9 Å². The van der Waals surface area contributed by atoms with E-state index in [0.29, 0.717) is 28.1 Å². The molecule has 0 spiro atoms. The Morgan fingerprint density at radius 3 is 2.40 bits per heavy atom. The number of hydrogen-bond acceptors (Lipinski definition) is 2. The van der Waals surface area contributed by atoms with Crippen molar-refractivity contribution in [1.82, 2.24) is 21.5 Å². The van der Waals surface area contributed by atoms with Gasteiger partial charge in [0.1, 0.15) is 0 Å². The normalized spacial score (nSPS) is 22.2. The third-order valence-corrected chi connectivity index (χ3v) is 4.19. The van der Waals surface area contributed by atoms with Gasteiger partial charge in [0.2, 0.25) is 0 Å². The molecule has 116 valence electrons. The maximum Gasteiger partial charge on any atom is 0.185 e. The summed E-state index contributed by atoms with van der Waals surface area (Å²) in [6, 6.07) is 0.480. The molecule has 1 saturated carbocycles. The van der Waals surface area contributed by atoms with Crippen molar-refractivity contribution in [3.63, 3.8) is 0 Å². The average molecular weight is 317 g/mol. The predicted octanol–water partition coefficient (Wildman–Crippen LogP) is 2.45.